The Labute approximate surface area is 125 Å². The molecule has 0 saturated carbocycles. The lowest BCUT2D eigenvalue weighted by Crippen LogP contribution is -2.10. The standard InChI is InChI=1S/C16H14BrFO2/c17-14-5-4-12(18)9-13(14)16(19)11-3-6-15-10(8-11)2-1-7-20-15/h3-6,8-9,16,19H,1-2,7H2. The van der Waals surface area contributed by atoms with Crippen molar-refractivity contribution in [2.24, 2.45) is 0 Å². The maximum Gasteiger partial charge on any atom is 0.123 e. The van der Waals surface area contributed by atoms with Gasteiger partial charge in [-0.2, -0.15) is 0 Å². The molecule has 1 N–H and O–H groups in total. The predicted octanol–water partition coefficient (Wildman–Crippen LogP) is 3.99. The molecule has 0 bridgehead atoms. The first-order valence-corrected chi connectivity index (χ1v) is 7.33. The lowest BCUT2D eigenvalue weighted by Gasteiger charge is -2.20. The minimum absolute atomic E-state index is 0.358. The molecule has 2 nitrogen and oxygen atoms in total. The minimum atomic E-state index is -0.854. The Hall–Kier alpha value is -1.39. The maximum absolute atomic E-state index is 13.3. The number of aliphatic hydroxyl groups excluding tert-OH is 1. The van der Waals surface area contributed by atoms with Crippen molar-refractivity contribution in [3.63, 3.8) is 0 Å². The van der Waals surface area contributed by atoms with Crippen LogP contribution in [0.2, 0.25) is 0 Å². The molecule has 20 heavy (non-hydrogen) atoms. The summed E-state index contributed by atoms with van der Waals surface area (Å²) in [6.45, 7) is 0.740. The Balaban J connectivity index is 1.97. The molecule has 1 atom stereocenters. The van der Waals surface area contributed by atoms with Crippen LogP contribution in [0.3, 0.4) is 0 Å². The van der Waals surface area contributed by atoms with E-state index in [1.807, 2.05) is 18.2 Å². The van der Waals surface area contributed by atoms with Gasteiger partial charge in [-0.25, -0.2) is 4.39 Å². The third-order valence-corrected chi connectivity index (χ3v) is 4.22. The average molecular weight is 337 g/mol. The molecule has 0 radical (unpaired) electrons. The third kappa shape index (κ3) is 2.58. The molecule has 3 rings (SSSR count). The summed E-state index contributed by atoms with van der Waals surface area (Å²) in [4.78, 5) is 0. The van der Waals surface area contributed by atoms with Gasteiger partial charge in [0.1, 0.15) is 17.7 Å². The number of fused-ring (bicyclic) bond motifs is 1. The van der Waals surface area contributed by atoms with Crippen molar-refractivity contribution < 1.29 is 14.2 Å². The molecule has 0 saturated heterocycles. The zero-order valence-electron chi connectivity index (χ0n) is 10.8. The Morgan fingerprint density at radius 1 is 1.20 bits per heavy atom. The highest BCUT2D eigenvalue weighted by Crippen LogP contribution is 2.33. The SMILES string of the molecule is OC(c1ccc2c(c1)CCCO2)c1cc(F)ccc1Br. The third-order valence-electron chi connectivity index (χ3n) is 3.50. The maximum atomic E-state index is 13.3. The Kier molecular flexibility index (Phi) is 3.76. The van der Waals surface area contributed by atoms with Gasteiger partial charge in [0.2, 0.25) is 0 Å². The van der Waals surface area contributed by atoms with Gasteiger partial charge in [0, 0.05) is 10.0 Å². The highest BCUT2D eigenvalue weighted by atomic mass is 79.9. The fourth-order valence-electron chi connectivity index (χ4n) is 2.45. The summed E-state index contributed by atoms with van der Waals surface area (Å²) < 4.78 is 19.6. The summed E-state index contributed by atoms with van der Waals surface area (Å²) in [5.41, 5.74) is 2.38. The highest BCUT2D eigenvalue weighted by molar-refractivity contribution is 9.10. The first-order valence-electron chi connectivity index (χ1n) is 6.54. The fraction of sp³-hybridized carbons (Fsp3) is 0.250. The summed E-state index contributed by atoms with van der Waals surface area (Å²) in [5, 5.41) is 10.5. The van der Waals surface area contributed by atoms with Crippen LogP contribution in [0.1, 0.15) is 29.2 Å². The van der Waals surface area contributed by atoms with Gasteiger partial charge in [-0.1, -0.05) is 22.0 Å². The number of aryl methyl sites for hydroxylation is 1. The molecule has 0 aliphatic carbocycles. The van der Waals surface area contributed by atoms with Gasteiger partial charge in [0.25, 0.3) is 0 Å². The van der Waals surface area contributed by atoms with Crippen molar-refractivity contribution in [1.29, 1.82) is 0 Å². The lowest BCUT2D eigenvalue weighted by molar-refractivity contribution is 0.218. The Bertz CT molecular complexity index is 642. The van der Waals surface area contributed by atoms with E-state index in [-0.39, 0.29) is 5.82 Å². The molecule has 2 aromatic carbocycles. The number of ether oxygens (including phenoxy) is 1. The minimum Gasteiger partial charge on any atom is -0.493 e. The van der Waals surface area contributed by atoms with Crippen LogP contribution in [0.5, 0.6) is 5.75 Å². The quantitative estimate of drug-likeness (QED) is 0.898. The van der Waals surface area contributed by atoms with E-state index < -0.39 is 6.10 Å². The molecule has 0 fully saturated rings. The van der Waals surface area contributed by atoms with E-state index in [0.717, 1.165) is 36.3 Å². The number of aliphatic hydroxyl groups is 1. The summed E-state index contributed by atoms with van der Waals surface area (Å²) in [5.74, 6) is 0.522. The Morgan fingerprint density at radius 3 is 2.90 bits per heavy atom. The van der Waals surface area contributed by atoms with Crippen molar-refractivity contribution in [2.45, 2.75) is 18.9 Å². The van der Waals surface area contributed by atoms with Crippen molar-refractivity contribution in [3.8, 4) is 5.75 Å². The van der Waals surface area contributed by atoms with Crippen LogP contribution in [0.4, 0.5) is 4.39 Å². The normalized spacial score (nSPS) is 15.3. The van der Waals surface area contributed by atoms with Crippen molar-refractivity contribution in [2.75, 3.05) is 6.61 Å². The zero-order chi connectivity index (χ0) is 14.1. The molecular formula is C16H14BrFO2. The topological polar surface area (TPSA) is 29.5 Å². The van der Waals surface area contributed by atoms with Gasteiger partial charge in [0.15, 0.2) is 0 Å². The molecule has 104 valence electrons. The molecule has 1 aliphatic rings. The molecule has 4 heteroatoms. The van der Waals surface area contributed by atoms with Gasteiger partial charge in [-0.05, 0) is 54.3 Å². The number of halogens is 2. The van der Waals surface area contributed by atoms with Crippen LogP contribution < -0.4 is 4.74 Å². The smallest absolute Gasteiger partial charge is 0.123 e. The number of rotatable bonds is 2. The van der Waals surface area contributed by atoms with E-state index in [9.17, 15) is 9.50 Å². The van der Waals surface area contributed by atoms with Crippen LogP contribution in [0, 0.1) is 5.82 Å². The van der Waals surface area contributed by atoms with E-state index in [0.29, 0.717) is 10.0 Å². The predicted molar refractivity (Wildman–Crippen MR) is 78.4 cm³/mol. The number of benzene rings is 2. The molecule has 1 heterocycles. The number of hydrogen-bond donors (Lipinski definition) is 1. The zero-order valence-corrected chi connectivity index (χ0v) is 12.4. The highest BCUT2D eigenvalue weighted by Gasteiger charge is 2.18. The van der Waals surface area contributed by atoms with E-state index in [1.54, 1.807) is 6.07 Å². The summed E-state index contributed by atoms with van der Waals surface area (Å²) >= 11 is 3.35. The molecular weight excluding hydrogens is 323 g/mol. The number of hydrogen-bond acceptors (Lipinski definition) is 2. The first kappa shape index (κ1) is 13.6. The average Bonchev–Trinajstić information content (AvgIpc) is 2.48. The van der Waals surface area contributed by atoms with Crippen LogP contribution in [0.15, 0.2) is 40.9 Å². The fourth-order valence-corrected chi connectivity index (χ4v) is 2.92. The van der Waals surface area contributed by atoms with Crippen molar-refractivity contribution >= 4 is 15.9 Å². The van der Waals surface area contributed by atoms with Crippen LogP contribution in [-0.2, 0) is 6.42 Å². The molecule has 2 aromatic rings. The second-order valence-electron chi connectivity index (χ2n) is 4.89. The van der Waals surface area contributed by atoms with Gasteiger partial charge < -0.3 is 9.84 Å². The van der Waals surface area contributed by atoms with E-state index in [2.05, 4.69) is 15.9 Å². The van der Waals surface area contributed by atoms with E-state index in [4.69, 9.17) is 4.74 Å². The van der Waals surface area contributed by atoms with Gasteiger partial charge in [0.05, 0.1) is 6.61 Å². The molecule has 0 aromatic heterocycles. The van der Waals surface area contributed by atoms with Crippen LogP contribution in [0.25, 0.3) is 0 Å². The van der Waals surface area contributed by atoms with Crippen molar-refractivity contribution in [3.05, 3.63) is 63.4 Å². The lowest BCUT2D eigenvalue weighted by atomic mass is 9.97. The molecule has 0 amide bonds. The summed E-state index contributed by atoms with van der Waals surface area (Å²) in [6.07, 6.45) is 1.07. The molecule has 1 aliphatic heterocycles. The van der Waals surface area contributed by atoms with Crippen LogP contribution >= 0.6 is 15.9 Å². The second kappa shape index (κ2) is 5.54. The van der Waals surface area contributed by atoms with E-state index >= 15 is 0 Å². The second-order valence-corrected chi connectivity index (χ2v) is 5.74. The monoisotopic (exact) mass is 336 g/mol. The summed E-state index contributed by atoms with van der Waals surface area (Å²) in [7, 11) is 0. The molecule has 1 unspecified atom stereocenters. The van der Waals surface area contributed by atoms with E-state index in [1.165, 1.54) is 12.1 Å². The van der Waals surface area contributed by atoms with Gasteiger partial charge >= 0.3 is 0 Å². The Morgan fingerprint density at radius 2 is 2.05 bits per heavy atom. The first-order chi connectivity index (χ1) is 9.65. The summed E-state index contributed by atoms with van der Waals surface area (Å²) in [6, 6.07) is 9.96. The van der Waals surface area contributed by atoms with Gasteiger partial charge in [-0.15, -0.1) is 0 Å². The molecule has 0 spiro atoms. The van der Waals surface area contributed by atoms with Crippen molar-refractivity contribution in [1.82, 2.24) is 0 Å². The van der Waals surface area contributed by atoms with Gasteiger partial charge in [-0.3, -0.25) is 0 Å². The largest absolute Gasteiger partial charge is 0.493 e. The van der Waals surface area contributed by atoms with Crippen LogP contribution in [-0.4, -0.2) is 11.7 Å².